The maximum atomic E-state index is 11.3. The number of aromatic amines is 1. The Hall–Kier alpha value is -2.62. The second kappa shape index (κ2) is 5.79. The van der Waals surface area contributed by atoms with Crippen LogP contribution >= 0.6 is 11.8 Å². The summed E-state index contributed by atoms with van der Waals surface area (Å²) in [6, 6.07) is 3.73. The molecule has 0 aliphatic carbocycles. The van der Waals surface area contributed by atoms with Crippen LogP contribution in [0, 0.1) is 27.2 Å². The van der Waals surface area contributed by atoms with E-state index in [4.69, 9.17) is 0 Å². The van der Waals surface area contributed by atoms with Gasteiger partial charge in [0, 0.05) is 18.7 Å². The highest BCUT2D eigenvalue weighted by Crippen LogP contribution is 2.31. The molecule has 1 N–H and O–H groups in total. The van der Waals surface area contributed by atoms with Crippen molar-refractivity contribution in [2.24, 2.45) is 0 Å². The van der Waals surface area contributed by atoms with Crippen molar-refractivity contribution in [3.63, 3.8) is 0 Å². The highest BCUT2D eigenvalue weighted by Gasteiger charge is 2.18. The normalized spacial score (nSPS) is 10.5. The molecule has 0 aliphatic rings. The Bertz CT molecular complexity index is 715. The lowest BCUT2D eigenvalue weighted by Crippen LogP contribution is -1.98. The van der Waals surface area contributed by atoms with Crippen molar-refractivity contribution in [3.8, 4) is 5.75 Å². The van der Waals surface area contributed by atoms with Crippen LogP contribution in [0.15, 0.2) is 23.2 Å². The SMILES string of the molecule is Cc1nc(SCc2ccc([O-])c([N+](=O)[O-])c2)c([N+](=O)[O-])[nH]1. The topological polar surface area (TPSA) is 138 Å². The van der Waals surface area contributed by atoms with E-state index in [0.29, 0.717) is 11.4 Å². The highest BCUT2D eigenvalue weighted by atomic mass is 32.2. The zero-order valence-corrected chi connectivity index (χ0v) is 11.5. The summed E-state index contributed by atoms with van der Waals surface area (Å²) >= 11 is 1.07. The van der Waals surface area contributed by atoms with Crippen molar-refractivity contribution in [3.05, 3.63) is 49.8 Å². The number of benzene rings is 1. The van der Waals surface area contributed by atoms with Gasteiger partial charge < -0.3 is 15.2 Å². The number of thioether (sulfide) groups is 1. The van der Waals surface area contributed by atoms with E-state index in [2.05, 4.69) is 9.97 Å². The van der Waals surface area contributed by atoms with Gasteiger partial charge in [-0.2, -0.15) is 4.98 Å². The molecule has 0 atom stereocenters. The number of nitro groups is 2. The average Bonchev–Trinajstić information content (AvgIpc) is 2.79. The Labute approximate surface area is 122 Å². The van der Waals surface area contributed by atoms with E-state index in [-0.39, 0.29) is 16.6 Å². The van der Waals surface area contributed by atoms with E-state index >= 15 is 0 Å². The summed E-state index contributed by atoms with van der Waals surface area (Å²) in [5.74, 6) is -0.250. The van der Waals surface area contributed by atoms with Gasteiger partial charge in [-0.15, -0.1) is 0 Å². The molecule has 9 nitrogen and oxygen atoms in total. The zero-order chi connectivity index (χ0) is 15.6. The molecular formula is C11H9N4O5S-. The smallest absolute Gasteiger partial charge is 0.354 e. The summed E-state index contributed by atoms with van der Waals surface area (Å²) in [6.45, 7) is 1.59. The molecule has 0 amide bonds. The third kappa shape index (κ3) is 3.28. The van der Waals surface area contributed by atoms with Crippen molar-refractivity contribution in [2.45, 2.75) is 17.7 Å². The van der Waals surface area contributed by atoms with Gasteiger partial charge >= 0.3 is 5.82 Å². The lowest BCUT2D eigenvalue weighted by molar-refractivity contribution is -0.398. The monoisotopic (exact) mass is 309 g/mol. The molecular weight excluding hydrogens is 300 g/mol. The van der Waals surface area contributed by atoms with Crippen LogP contribution in [0.25, 0.3) is 0 Å². The first-order valence-electron chi connectivity index (χ1n) is 5.66. The first-order valence-corrected chi connectivity index (χ1v) is 6.65. The molecule has 110 valence electrons. The molecule has 1 aromatic carbocycles. The van der Waals surface area contributed by atoms with Crippen molar-refractivity contribution >= 4 is 23.3 Å². The number of aromatic nitrogens is 2. The van der Waals surface area contributed by atoms with E-state index in [0.717, 1.165) is 17.8 Å². The molecule has 0 bridgehead atoms. The maximum Gasteiger partial charge on any atom is 0.354 e. The van der Waals surface area contributed by atoms with Gasteiger partial charge in [0.25, 0.3) is 5.69 Å². The molecule has 0 saturated carbocycles. The minimum absolute atomic E-state index is 0.200. The Balaban J connectivity index is 2.19. The van der Waals surface area contributed by atoms with Gasteiger partial charge in [-0.1, -0.05) is 23.9 Å². The molecule has 0 fully saturated rings. The van der Waals surface area contributed by atoms with Crippen molar-refractivity contribution in [1.82, 2.24) is 9.97 Å². The van der Waals surface area contributed by atoms with Crippen LogP contribution in [0.3, 0.4) is 0 Å². The number of imidazole rings is 1. The van der Waals surface area contributed by atoms with Gasteiger partial charge in [-0.05, 0) is 16.2 Å². The fourth-order valence-corrected chi connectivity index (χ4v) is 2.58. The quantitative estimate of drug-likeness (QED) is 0.505. The third-order valence-corrected chi connectivity index (χ3v) is 3.59. The number of rotatable bonds is 5. The summed E-state index contributed by atoms with van der Waals surface area (Å²) < 4.78 is 0. The molecule has 2 aromatic rings. The number of nitrogens with zero attached hydrogens (tertiary/aromatic N) is 3. The summed E-state index contributed by atoms with van der Waals surface area (Å²) in [4.78, 5) is 26.7. The van der Waals surface area contributed by atoms with Crippen molar-refractivity contribution < 1.29 is 15.0 Å². The minimum Gasteiger partial charge on any atom is -0.868 e. The molecule has 0 saturated heterocycles. The third-order valence-electron chi connectivity index (χ3n) is 2.55. The Kier molecular flexibility index (Phi) is 4.08. The van der Waals surface area contributed by atoms with Gasteiger partial charge in [-0.3, -0.25) is 10.1 Å². The van der Waals surface area contributed by atoms with Gasteiger partial charge in [0.2, 0.25) is 0 Å². The molecule has 0 unspecified atom stereocenters. The first-order chi connectivity index (χ1) is 9.88. The number of nitro benzene ring substituents is 1. The first kappa shape index (κ1) is 14.8. The molecule has 10 heteroatoms. The molecule has 21 heavy (non-hydrogen) atoms. The van der Waals surface area contributed by atoms with Crippen molar-refractivity contribution in [1.29, 1.82) is 0 Å². The number of H-pyrrole nitrogens is 1. The van der Waals surface area contributed by atoms with Gasteiger partial charge in [-0.25, -0.2) is 4.98 Å². The van der Waals surface area contributed by atoms with Crippen LogP contribution < -0.4 is 5.11 Å². The van der Waals surface area contributed by atoms with E-state index in [1.807, 2.05) is 0 Å². The standard InChI is InChI=1S/C11H10N4O5S/c1-6-12-10(15(19)20)11(13-6)21-5-7-2-3-9(16)8(4-7)14(17)18/h2-4,16H,5H2,1H3,(H,12,13)/p-1. The van der Waals surface area contributed by atoms with Gasteiger partial charge in [0.15, 0.2) is 10.9 Å². The Morgan fingerprint density at radius 2 is 2.00 bits per heavy atom. The second-order valence-electron chi connectivity index (χ2n) is 4.08. The van der Waals surface area contributed by atoms with Crippen molar-refractivity contribution in [2.75, 3.05) is 0 Å². The van der Waals surface area contributed by atoms with Gasteiger partial charge in [0.05, 0.1) is 4.92 Å². The molecule has 2 rings (SSSR count). The number of aryl methyl sites for hydroxylation is 1. The number of hydrogen-bond donors (Lipinski definition) is 1. The molecule has 1 heterocycles. The summed E-state index contributed by atoms with van der Waals surface area (Å²) in [5.41, 5.74) is 0.00191. The minimum atomic E-state index is -0.752. The maximum absolute atomic E-state index is 11.3. The average molecular weight is 309 g/mol. The highest BCUT2D eigenvalue weighted by molar-refractivity contribution is 7.98. The van der Waals surface area contributed by atoms with E-state index < -0.39 is 21.3 Å². The van der Waals surface area contributed by atoms with Gasteiger partial charge in [0.1, 0.15) is 0 Å². The van der Waals surface area contributed by atoms with Crippen LogP contribution in [0.5, 0.6) is 5.75 Å². The Morgan fingerprint density at radius 1 is 1.29 bits per heavy atom. The summed E-state index contributed by atoms with van der Waals surface area (Å²) in [7, 11) is 0. The van der Waals surface area contributed by atoms with E-state index in [9.17, 15) is 25.3 Å². The predicted octanol–water partition coefficient (Wildman–Crippen LogP) is 1.90. The summed E-state index contributed by atoms with van der Waals surface area (Å²) in [5, 5.41) is 33.0. The van der Waals surface area contributed by atoms with E-state index in [1.54, 1.807) is 6.92 Å². The second-order valence-corrected chi connectivity index (χ2v) is 5.04. The lowest BCUT2D eigenvalue weighted by Gasteiger charge is -2.07. The predicted molar refractivity (Wildman–Crippen MR) is 72.1 cm³/mol. The van der Waals surface area contributed by atoms with Crippen LogP contribution in [-0.4, -0.2) is 19.8 Å². The van der Waals surface area contributed by atoms with Crippen LogP contribution in [0.2, 0.25) is 0 Å². The Morgan fingerprint density at radius 3 is 2.62 bits per heavy atom. The van der Waals surface area contributed by atoms with Crippen LogP contribution in [0.4, 0.5) is 11.5 Å². The van der Waals surface area contributed by atoms with Crippen LogP contribution in [0.1, 0.15) is 11.4 Å². The molecule has 0 aliphatic heterocycles. The van der Waals surface area contributed by atoms with Crippen LogP contribution in [-0.2, 0) is 5.75 Å². The number of nitrogens with one attached hydrogen (secondary N) is 1. The summed E-state index contributed by atoms with van der Waals surface area (Å²) in [6.07, 6.45) is 0. The largest absolute Gasteiger partial charge is 0.868 e. The fraction of sp³-hybridized carbons (Fsp3) is 0.182. The van der Waals surface area contributed by atoms with E-state index in [1.165, 1.54) is 12.1 Å². The zero-order valence-electron chi connectivity index (χ0n) is 10.7. The molecule has 1 aromatic heterocycles. The molecule has 0 radical (unpaired) electrons. The number of hydrogen-bond acceptors (Lipinski definition) is 7. The molecule has 0 spiro atoms. The fourth-order valence-electron chi connectivity index (χ4n) is 1.63. The lowest BCUT2D eigenvalue weighted by atomic mass is 10.2.